The lowest BCUT2D eigenvalue weighted by atomic mass is 9.73. The van der Waals surface area contributed by atoms with Gasteiger partial charge in [0.25, 0.3) is 0 Å². The number of hydrogen-bond acceptors (Lipinski definition) is 3. The topological polar surface area (TPSA) is 35.6 Å². The Kier molecular flexibility index (Phi) is 3.81. The predicted octanol–water partition coefficient (Wildman–Crippen LogP) is 0.930. The third kappa shape index (κ3) is 2.95. The molecule has 108 valence electrons. The van der Waals surface area contributed by atoms with Gasteiger partial charge >= 0.3 is 0 Å². The number of piperidine rings is 2. The van der Waals surface area contributed by atoms with Crippen molar-refractivity contribution in [2.75, 3.05) is 46.3 Å². The maximum absolute atomic E-state index is 12.4. The maximum atomic E-state index is 12.4. The Labute approximate surface area is 116 Å². The van der Waals surface area contributed by atoms with E-state index in [-0.39, 0.29) is 0 Å². The van der Waals surface area contributed by atoms with E-state index in [4.69, 9.17) is 0 Å². The molecule has 0 aliphatic carbocycles. The van der Waals surface area contributed by atoms with Gasteiger partial charge in [0.1, 0.15) is 0 Å². The first-order chi connectivity index (χ1) is 9.17. The molecule has 4 nitrogen and oxygen atoms in total. The Bertz CT molecular complexity index is 322. The highest BCUT2D eigenvalue weighted by atomic mass is 16.2. The van der Waals surface area contributed by atoms with Crippen molar-refractivity contribution < 1.29 is 4.79 Å². The Morgan fingerprint density at radius 1 is 1.16 bits per heavy atom. The molecule has 3 rings (SSSR count). The second kappa shape index (κ2) is 5.41. The maximum Gasteiger partial charge on any atom is 0.222 e. The van der Waals surface area contributed by atoms with E-state index in [1.165, 1.54) is 38.8 Å². The third-order valence-corrected chi connectivity index (χ3v) is 5.48. The van der Waals surface area contributed by atoms with Gasteiger partial charge in [0.2, 0.25) is 5.91 Å². The predicted molar refractivity (Wildman–Crippen MR) is 76.0 cm³/mol. The van der Waals surface area contributed by atoms with Gasteiger partial charge in [-0.15, -0.1) is 0 Å². The second-order valence-electron chi connectivity index (χ2n) is 6.94. The molecule has 3 fully saturated rings. The molecule has 1 spiro atoms. The van der Waals surface area contributed by atoms with Crippen molar-refractivity contribution in [1.82, 2.24) is 15.1 Å². The largest absolute Gasteiger partial charge is 0.343 e. The van der Waals surface area contributed by atoms with E-state index in [0.29, 0.717) is 17.2 Å². The normalized spacial score (nSPS) is 28.4. The van der Waals surface area contributed by atoms with Crippen molar-refractivity contribution in [3.8, 4) is 0 Å². The van der Waals surface area contributed by atoms with E-state index in [1.54, 1.807) is 0 Å². The van der Waals surface area contributed by atoms with Crippen LogP contribution in [-0.4, -0.2) is 62.0 Å². The zero-order valence-corrected chi connectivity index (χ0v) is 12.2. The fourth-order valence-corrected chi connectivity index (χ4v) is 3.70. The summed E-state index contributed by atoms with van der Waals surface area (Å²) in [6, 6.07) is 0. The molecule has 0 atom stereocenters. The van der Waals surface area contributed by atoms with Crippen molar-refractivity contribution >= 4 is 5.91 Å². The van der Waals surface area contributed by atoms with Gasteiger partial charge in [-0.2, -0.15) is 0 Å². The van der Waals surface area contributed by atoms with Gasteiger partial charge in [-0.25, -0.2) is 0 Å². The Morgan fingerprint density at radius 3 is 2.32 bits per heavy atom. The van der Waals surface area contributed by atoms with Crippen LogP contribution >= 0.6 is 0 Å². The van der Waals surface area contributed by atoms with E-state index in [2.05, 4.69) is 22.2 Å². The minimum absolute atomic E-state index is 0.414. The zero-order valence-electron chi connectivity index (χ0n) is 12.2. The van der Waals surface area contributed by atoms with E-state index >= 15 is 0 Å². The highest BCUT2D eigenvalue weighted by Crippen LogP contribution is 2.35. The number of nitrogens with zero attached hydrogens (tertiary/aromatic N) is 2. The van der Waals surface area contributed by atoms with Crippen LogP contribution in [0, 0.1) is 11.3 Å². The van der Waals surface area contributed by atoms with Crippen molar-refractivity contribution in [2.24, 2.45) is 11.3 Å². The van der Waals surface area contributed by atoms with Gasteiger partial charge in [-0.05, 0) is 57.2 Å². The van der Waals surface area contributed by atoms with Crippen molar-refractivity contribution in [1.29, 1.82) is 0 Å². The van der Waals surface area contributed by atoms with E-state index in [9.17, 15) is 4.79 Å². The molecule has 3 aliphatic rings. The molecule has 19 heavy (non-hydrogen) atoms. The Morgan fingerprint density at radius 2 is 1.79 bits per heavy atom. The van der Waals surface area contributed by atoms with Crippen molar-refractivity contribution in [3.05, 3.63) is 0 Å². The number of carbonyl (C=O) groups is 1. The van der Waals surface area contributed by atoms with Crippen LogP contribution in [0.5, 0.6) is 0 Å². The second-order valence-corrected chi connectivity index (χ2v) is 6.94. The molecule has 0 bridgehead atoms. The van der Waals surface area contributed by atoms with E-state index in [1.807, 2.05) is 0 Å². The molecule has 0 aromatic rings. The van der Waals surface area contributed by atoms with Crippen LogP contribution < -0.4 is 5.32 Å². The van der Waals surface area contributed by atoms with Crippen molar-refractivity contribution in [3.63, 3.8) is 0 Å². The summed E-state index contributed by atoms with van der Waals surface area (Å²) >= 11 is 0. The fraction of sp³-hybridized carbons (Fsp3) is 0.933. The standard InChI is InChI=1S/C15H27N3O/c1-17-6-2-13(3-7-17)10-14(19)18-8-4-15(5-9-18)11-16-12-15/h13,16H,2-12H2,1H3. The summed E-state index contributed by atoms with van der Waals surface area (Å²) in [6.45, 7) is 6.65. The van der Waals surface area contributed by atoms with Gasteiger partial charge in [-0.3, -0.25) is 4.79 Å². The van der Waals surface area contributed by atoms with Crippen molar-refractivity contribution in [2.45, 2.75) is 32.1 Å². The molecule has 4 heteroatoms. The Balaban J connectivity index is 1.43. The van der Waals surface area contributed by atoms with Gasteiger partial charge < -0.3 is 15.1 Å². The first-order valence-corrected chi connectivity index (χ1v) is 7.84. The molecular weight excluding hydrogens is 238 g/mol. The summed E-state index contributed by atoms with van der Waals surface area (Å²) < 4.78 is 0. The lowest BCUT2D eigenvalue weighted by Gasteiger charge is -2.48. The molecule has 3 heterocycles. The SMILES string of the molecule is CN1CCC(CC(=O)N2CCC3(CC2)CNC3)CC1. The van der Waals surface area contributed by atoms with Crippen LogP contribution in [0.25, 0.3) is 0 Å². The highest BCUT2D eigenvalue weighted by molar-refractivity contribution is 5.76. The molecule has 1 amide bonds. The molecule has 0 aromatic heterocycles. The summed E-state index contributed by atoms with van der Waals surface area (Å²) in [5.41, 5.74) is 0.546. The third-order valence-electron chi connectivity index (χ3n) is 5.48. The Hall–Kier alpha value is -0.610. The summed E-state index contributed by atoms with van der Waals surface area (Å²) in [6.07, 6.45) is 5.60. The van der Waals surface area contributed by atoms with Gasteiger partial charge in [0.05, 0.1) is 0 Å². The minimum atomic E-state index is 0.414. The summed E-state index contributed by atoms with van der Waals surface area (Å²) in [7, 11) is 2.18. The molecule has 0 aromatic carbocycles. The number of rotatable bonds is 2. The first kappa shape index (κ1) is 13.4. The summed E-state index contributed by atoms with van der Waals surface area (Å²) in [4.78, 5) is 16.9. The molecule has 0 unspecified atom stereocenters. The van der Waals surface area contributed by atoms with Crippen LogP contribution in [0.15, 0.2) is 0 Å². The van der Waals surface area contributed by atoms with Crippen LogP contribution in [0.3, 0.4) is 0 Å². The average molecular weight is 265 g/mol. The van der Waals surface area contributed by atoms with Crippen LogP contribution in [0.2, 0.25) is 0 Å². The molecular formula is C15H27N3O. The zero-order chi connectivity index (χ0) is 13.3. The van der Waals surface area contributed by atoms with Gasteiger partial charge in [0, 0.05) is 32.6 Å². The lowest BCUT2D eigenvalue weighted by Crippen LogP contribution is -2.58. The number of carbonyl (C=O) groups excluding carboxylic acids is 1. The van der Waals surface area contributed by atoms with Crippen LogP contribution in [0.1, 0.15) is 32.1 Å². The fourth-order valence-electron chi connectivity index (χ4n) is 3.70. The van der Waals surface area contributed by atoms with E-state index in [0.717, 1.165) is 32.6 Å². The average Bonchev–Trinajstić information content (AvgIpc) is 2.40. The van der Waals surface area contributed by atoms with Crippen LogP contribution in [0.4, 0.5) is 0 Å². The quantitative estimate of drug-likeness (QED) is 0.807. The smallest absolute Gasteiger partial charge is 0.222 e. The molecule has 0 saturated carbocycles. The number of likely N-dealkylation sites (tertiary alicyclic amines) is 2. The summed E-state index contributed by atoms with van der Waals surface area (Å²) in [5, 5.41) is 3.38. The minimum Gasteiger partial charge on any atom is -0.343 e. The number of nitrogens with one attached hydrogen (secondary N) is 1. The highest BCUT2D eigenvalue weighted by Gasteiger charge is 2.40. The number of amides is 1. The van der Waals surface area contributed by atoms with Crippen LogP contribution in [-0.2, 0) is 4.79 Å². The monoisotopic (exact) mass is 265 g/mol. The first-order valence-electron chi connectivity index (χ1n) is 7.84. The summed E-state index contributed by atoms with van der Waals surface area (Å²) in [5.74, 6) is 1.04. The van der Waals surface area contributed by atoms with E-state index < -0.39 is 0 Å². The molecule has 3 aliphatic heterocycles. The number of hydrogen-bond donors (Lipinski definition) is 1. The molecule has 3 saturated heterocycles. The molecule has 1 N–H and O–H groups in total. The van der Waals surface area contributed by atoms with Gasteiger partial charge in [-0.1, -0.05) is 0 Å². The van der Waals surface area contributed by atoms with Gasteiger partial charge in [0.15, 0.2) is 0 Å². The lowest BCUT2D eigenvalue weighted by molar-refractivity contribution is -0.135. The molecule has 0 radical (unpaired) electrons.